The normalized spacial score (nSPS) is 12.0. The summed E-state index contributed by atoms with van der Waals surface area (Å²) < 4.78 is 71.8. The number of benzene rings is 4. The monoisotopic (exact) mass is 734 g/mol. The van der Waals surface area contributed by atoms with Gasteiger partial charge in [0.25, 0.3) is 0 Å². The third-order valence-electron chi connectivity index (χ3n) is 7.10. The number of aromatic hydroxyl groups is 1. The molecule has 4 aromatic carbocycles. The summed E-state index contributed by atoms with van der Waals surface area (Å²) in [6, 6.07) is 32.0. The van der Waals surface area contributed by atoms with Crippen molar-refractivity contribution in [1.29, 1.82) is 0 Å². The molecule has 0 amide bonds. The maximum Gasteiger partial charge on any atom is 0.304 e. The summed E-state index contributed by atoms with van der Waals surface area (Å²) in [5, 5.41) is 9.39. The maximum absolute atomic E-state index is 11.3. The number of phenols is 1. The highest BCUT2D eigenvalue weighted by Crippen LogP contribution is 2.26. The van der Waals surface area contributed by atoms with Crippen LogP contribution in [0.2, 0.25) is 0 Å². The molecule has 1 unspecified atom stereocenters. The Hall–Kier alpha value is -3.63. The van der Waals surface area contributed by atoms with Crippen molar-refractivity contribution in [2.24, 2.45) is 0 Å². The van der Waals surface area contributed by atoms with Crippen LogP contribution >= 0.6 is 0 Å². The van der Waals surface area contributed by atoms with Gasteiger partial charge < -0.3 is 9.84 Å². The predicted octanol–water partition coefficient (Wildman–Crippen LogP) is 5.42. The highest BCUT2D eigenvalue weighted by Gasteiger charge is 2.12. The first-order chi connectivity index (χ1) is 23.0. The predicted molar refractivity (Wildman–Crippen MR) is 196 cm³/mol. The van der Waals surface area contributed by atoms with Gasteiger partial charge in [-0.25, -0.2) is 25.4 Å². The van der Waals surface area contributed by atoms with Crippen LogP contribution in [-0.4, -0.2) is 94.8 Å². The molecule has 0 aliphatic rings. The highest BCUT2D eigenvalue weighted by molar-refractivity contribution is 7.88. The first-order valence-corrected chi connectivity index (χ1v) is 19.8. The number of hydrogen-bond acceptors (Lipinski definition) is 9. The van der Waals surface area contributed by atoms with Crippen LogP contribution < -0.4 is 4.74 Å². The van der Waals surface area contributed by atoms with Gasteiger partial charge in [-0.1, -0.05) is 72.8 Å². The zero-order valence-corrected chi connectivity index (χ0v) is 31.3. The van der Waals surface area contributed by atoms with Crippen molar-refractivity contribution < 1.29 is 39.3 Å². The van der Waals surface area contributed by atoms with Gasteiger partial charge in [-0.2, -0.15) is 4.21 Å². The molecular weight excluding hydrogens is 689 g/mol. The summed E-state index contributed by atoms with van der Waals surface area (Å²) in [4.78, 5) is 0. The van der Waals surface area contributed by atoms with Gasteiger partial charge in [-0.3, -0.25) is 8.37 Å². The second-order valence-corrected chi connectivity index (χ2v) is 16.1. The Labute approximate surface area is 294 Å². The number of sulfonamides is 2. The van der Waals surface area contributed by atoms with Crippen LogP contribution in [0.15, 0.2) is 97.1 Å². The van der Waals surface area contributed by atoms with Gasteiger partial charge in [0.15, 0.2) is 0 Å². The molecular formula is C35H46N2O9S3. The fraction of sp³-hybridized carbons (Fsp3) is 0.314. The molecule has 0 fully saturated rings. The number of nitrogens with zero attached hydrogens (tertiary/aromatic N) is 2. The first-order valence-electron chi connectivity index (χ1n) is 15.1. The van der Waals surface area contributed by atoms with E-state index in [2.05, 4.69) is 38.7 Å². The van der Waals surface area contributed by atoms with Crippen LogP contribution in [0, 0.1) is 13.8 Å². The lowest BCUT2D eigenvalue weighted by Crippen LogP contribution is -2.29. The molecule has 0 bridgehead atoms. The Bertz CT molecular complexity index is 1840. The molecule has 1 N–H and O–H groups in total. The summed E-state index contributed by atoms with van der Waals surface area (Å²) in [6.45, 7) is 4.73. The summed E-state index contributed by atoms with van der Waals surface area (Å²) in [7, 11) is -2.16. The number of rotatable bonds is 13. The molecule has 1 atom stereocenters. The van der Waals surface area contributed by atoms with Crippen LogP contribution in [0.5, 0.6) is 11.5 Å². The molecule has 0 radical (unpaired) electrons. The molecule has 0 saturated heterocycles. The van der Waals surface area contributed by atoms with Crippen LogP contribution in [0.4, 0.5) is 0 Å². The van der Waals surface area contributed by atoms with E-state index in [0.29, 0.717) is 18.9 Å². The van der Waals surface area contributed by atoms with Crippen molar-refractivity contribution in [3.05, 3.63) is 108 Å². The van der Waals surface area contributed by atoms with Crippen molar-refractivity contribution in [3.8, 4) is 33.8 Å². The van der Waals surface area contributed by atoms with E-state index in [1.165, 1.54) is 30.3 Å². The zero-order valence-electron chi connectivity index (χ0n) is 28.9. The number of aryl methyl sites for hydroxylation is 2. The zero-order chi connectivity index (χ0) is 36.6. The van der Waals surface area contributed by atoms with Crippen LogP contribution in [0.1, 0.15) is 11.1 Å². The van der Waals surface area contributed by atoms with E-state index in [0.717, 1.165) is 44.1 Å². The Balaban J connectivity index is 0.000000269. The summed E-state index contributed by atoms with van der Waals surface area (Å²) in [5.41, 5.74) is 6.55. The van der Waals surface area contributed by atoms with E-state index in [4.69, 9.17) is 4.74 Å². The third-order valence-corrected chi connectivity index (χ3v) is 10.4. The van der Waals surface area contributed by atoms with Gasteiger partial charge in [0.1, 0.15) is 18.1 Å². The lowest BCUT2D eigenvalue weighted by molar-refractivity contribution is 0.264. The molecule has 0 spiro atoms. The molecule has 0 saturated carbocycles. The SMILES string of the molecule is COS(=O)OCCN(C)S(C)(=O)=O.Cc1cc(-c2ccccc2)ccc1O.Cc1cc(-c2ccccc2)ccc1OCCN(C)S(C)(=O)=O. The Kier molecular flexibility index (Phi) is 17.1. The van der Waals surface area contributed by atoms with Gasteiger partial charge in [-0.15, -0.1) is 0 Å². The lowest BCUT2D eigenvalue weighted by Gasteiger charge is -2.15. The topological polar surface area (TPSA) is 140 Å². The minimum absolute atomic E-state index is 0.0318. The molecule has 4 rings (SSSR count). The first kappa shape index (κ1) is 41.5. The molecule has 49 heavy (non-hydrogen) atoms. The van der Waals surface area contributed by atoms with Crippen molar-refractivity contribution in [2.45, 2.75) is 13.8 Å². The standard InChI is InChI=1S/C17H21NO3S.C13H12O.C5H13NO5S2/c1-14-13-16(15-7-5-4-6-8-15)9-10-17(14)21-12-11-18(2)22(3,19)20;1-10-9-12(7-8-13(10)14)11-5-3-2-4-6-11;1-6(13(3,8)9)4-5-11-12(7)10-2/h4-10,13H,11-12H2,1-3H3;2-9,14H,1H3;4-5H2,1-3H3. The van der Waals surface area contributed by atoms with Gasteiger partial charge in [0.2, 0.25) is 20.0 Å². The molecule has 14 heteroatoms. The Morgan fingerprint density at radius 1 is 0.653 bits per heavy atom. The average Bonchev–Trinajstić information content (AvgIpc) is 3.07. The van der Waals surface area contributed by atoms with Crippen LogP contribution in [-0.2, 0) is 39.8 Å². The van der Waals surface area contributed by atoms with E-state index >= 15 is 0 Å². The molecule has 0 heterocycles. The molecule has 268 valence electrons. The number of ether oxygens (including phenoxy) is 1. The van der Waals surface area contributed by atoms with Crippen LogP contribution in [0.3, 0.4) is 0 Å². The van der Waals surface area contributed by atoms with Crippen molar-refractivity contribution in [2.75, 3.05) is 60.0 Å². The van der Waals surface area contributed by atoms with E-state index in [-0.39, 0.29) is 13.2 Å². The fourth-order valence-electron chi connectivity index (χ4n) is 3.98. The molecule has 4 aromatic rings. The minimum Gasteiger partial charge on any atom is -0.508 e. The van der Waals surface area contributed by atoms with E-state index < -0.39 is 31.4 Å². The second-order valence-electron chi connectivity index (χ2n) is 10.9. The van der Waals surface area contributed by atoms with E-state index in [9.17, 15) is 26.2 Å². The average molecular weight is 735 g/mol. The second kappa shape index (κ2) is 20.1. The van der Waals surface area contributed by atoms with Gasteiger partial charge in [0, 0.05) is 27.2 Å². The summed E-state index contributed by atoms with van der Waals surface area (Å²) >= 11 is -1.79. The molecule has 0 aliphatic heterocycles. The molecule has 0 aromatic heterocycles. The van der Waals surface area contributed by atoms with E-state index in [1.807, 2.05) is 74.5 Å². The number of hydrogen-bond donors (Lipinski definition) is 1. The Morgan fingerprint density at radius 2 is 1.10 bits per heavy atom. The molecule has 0 aliphatic carbocycles. The minimum atomic E-state index is -3.19. The smallest absolute Gasteiger partial charge is 0.304 e. The maximum atomic E-state index is 11.3. The quantitative estimate of drug-likeness (QED) is 0.191. The summed E-state index contributed by atoms with van der Waals surface area (Å²) in [6.07, 6.45) is 2.27. The van der Waals surface area contributed by atoms with Gasteiger partial charge in [-0.05, 0) is 71.5 Å². The van der Waals surface area contributed by atoms with Crippen molar-refractivity contribution in [1.82, 2.24) is 8.61 Å². The van der Waals surface area contributed by atoms with Gasteiger partial charge >= 0.3 is 11.4 Å². The van der Waals surface area contributed by atoms with Crippen molar-refractivity contribution >= 4 is 31.4 Å². The third kappa shape index (κ3) is 15.2. The van der Waals surface area contributed by atoms with Gasteiger partial charge in [0.05, 0.1) is 26.2 Å². The fourth-order valence-corrected chi connectivity index (χ4v) is 5.10. The van der Waals surface area contributed by atoms with Crippen molar-refractivity contribution in [3.63, 3.8) is 0 Å². The largest absolute Gasteiger partial charge is 0.508 e. The summed E-state index contributed by atoms with van der Waals surface area (Å²) in [5.74, 6) is 1.13. The lowest BCUT2D eigenvalue weighted by atomic mass is 10.0. The van der Waals surface area contributed by atoms with Crippen LogP contribution in [0.25, 0.3) is 22.3 Å². The molecule has 11 nitrogen and oxygen atoms in total. The number of phenolic OH excluding ortho intramolecular Hbond substituents is 1. The van der Waals surface area contributed by atoms with E-state index in [1.54, 1.807) is 13.1 Å². The highest BCUT2D eigenvalue weighted by atomic mass is 32.2. The Morgan fingerprint density at radius 3 is 1.53 bits per heavy atom. The number of likely N-dealkylation sites (N-methyl/N-ethyl adjacent to an activating group) is 2.